The Hall–Kier alpha value is -2.13. The highest BCUT2D eigenvalue weighted by molar-refractivity contribution is 6.32. The maximum atomic E-state index is 13.4. The minimum Gasteiger partial charge on any atom is -0.348 e. The maximum absolute atomic E-state index is 13.4. The molecule has 2 rings (SSSR count). The third kappa shape index (κ3) is 3.62. The molecule has 6 nitrogen and oxygen atoms in total. The summed E-state index contributed by atoms with van der Waals surface area (Å²) < 4.78 is 40.7. The van der Waals surface area contributed by atoms with E-state index in [-0.39, 0.29) is 17.4 Å². The van der Waals surface area contributed by atoms with Crippen molar-refractivity contribution in [1.29, 1.82) is 0 Å². The number of aromatic nitrogens is 3. The molecule has 0 aromatic carbocycles. The lowest BCUT2D eigenvalue weighted by atomic mass is 10.2. The summed E-state index contributed by atoms with van der Waals surface area (Å²) in [5.74, 6) is -1.14. The molecule has 0 aliphatic heterocycles. The smallest absolute Gasteiger partial charge is 0.348 e. The van der Waals surface area contributed by atoms with Crippen molar-refractivity contribution in [2.24, 2.45) is 5.73 Å². The number of carbonyl (C=O) groups is 1. The van der Waals surface area contributed by atoms with Crippen LogP contribution >= 0.6 is 11.6 Å². The van der Waals surface area contributed by atoms with E-state index >= 15 is 0 Å². The van der Waals surface area contributed by atoms with Crippen LogP contribution in [0.25, 0.3) is 5.82 Å². The average Bonchev–Trinajstić information content (AvgIpc) is 2.92. The third-order valence-electron chi connectivity index (χ3n) is 2.95. The lowest BCUT2D eigenvalue weighted by Gasteiger charge is -2.14. The number of carbonyl (C=O) groups excluding carboxylic acids is 1. The van der Waals surface area contributed by atoms with Gasteiger partial charge in [0.05, 0.1) is 16.8 Å². The van der Waals surface area contributed by atoms with Gasteiger partial charge in [-0.2, -0.15) is 18.3 Å². The van der Waals surface area contributed by atoms with Crippen LogP contribution in [0.1, 0.15) is 23.0 Å². The molecule has 23 heavy (non-hydrogen) atoms. The summed E-state index contributed by atoms with van der Waals surface area (Å²) in [4.78, 5) is 15.8. The molecular weight excluding hydrogens is 335 g/mol. The Morgan fingerprint density at radius 3 is 2.78 bits per heavy atom. The van der Waals surface area contributed by atoms with Crippen LogP contribution in [0.3, 0.4) is 0 Å². The zero-order valence-electron chi connectivity index (χ0n) is 11.9. The van der Waals surface area contributed by atoms with E-state index in [9.17, 15) is 18.0 Å². The minimum atomic E-state index is -4.82. The number of hydrogen-bond acceptors (Lipinski definition) is 4. The summed E-state index contributed by atoms with van der Waals surface area (Å²) in [7, 11) is 0. The van der Waals surface area contributed by atoms with Crippen molar-refractivity contribution in [3.05, 3.63) is 40.8 Å². The number of hydrogen-bond donors (Lipinski definition) is 2. The molecule has 0 aliphatic rings. The summed E-state index contributed by atoms with van der Waals surface area (Å²) in [6.45, 7) is 1.67. The highest BCUT2D eigenvalue weighted by atomic mass is 35.5. The molecule has 0 bridgehead atoms. The summed E-state index contributed by atoms with van der Waals surface area (Å²) in [6.07, 6.45) is -2.72. The third-order valence-corrected chi connectivity index (χ3v) is 3.25. The Labute approximate surface area is 134 Å². The van der Waals surface area contributed by atoms with E-state index in [0.29, 0.717) is 4.68 Å². The monoisotopic (exact) mass is 347 g/mol. The second kappa shape index (κ2) is 6.55. The SMILES string of the molecule is C[C@@H](CN)NC(=O)c1cnn(-c2ncccc2Cl)c1C(F)(F)F. The van der Waals surface area contributed by atoms with E-state index in [1.165, 1.54) is 18.3 Å². The van der Waals surface area contributed by atoms with E-state index < -0.39 is 29.4 Å². The van der Waals surface area contributed by atoms with Crippen LogP contribution < -0.4 is 11.1 Å². The van der Waals surface area contributed by atoms with Crippen molar-refractivity contribution in [2.45, 2.75) is 19.1 Å². The average molecular weight is 348 g/mol. The molecule has 3 N–H and O–H groups in total. The molecular formula is C13H13ClF3N5O. The van der Waals surface area contributed by atoms with Crippen molar-refractivity contribution in [2.75, 3.05) is 6.54 Å². The van der Waals surface area contributed by atoms with E-state index in [4.69, 9.17) is 17.3 Å². The Bertz CT molecular complexity index is 716. The van der Waals surface area contributed by atoms with Crippen molar-refractivity contribution in [1.82, 2.24) is 20.1 Å². The molecule has 0 unspecified atom stereocenters. The number of halogens is 4. The molecule has 124 valence electrons. The molecule has 0 aliphatic carbocycles. The van der Waals surface area contributed by atoms with Crippen molar-refractivity contribution in [3.8, 4) is 5.82 Å². The van der Waals surface area contributed by atoms with Gasteiger partial charge in [0.1, 0.15) is 0 Å². The Morgan fingerprint density at radius 2 is 2.22 bits per heavy atom. The van der Waals surface area contributed by atoms with Crippen LogP contribution in [-0.4, -0.2) is 33.3 Å². The van der Waals surface area contributed by atoms with Gasteiger partial charge in [0.15, 0.2) is 11.5 Å². The normalized spacial score (nSPS) is 13.0. The van der Waals surface area contributed by atoms with Crippen LogP contribution in [0.2, 0.25) is 5.02 Å². The minimum absolute atomic E-state index is 0.0246. The molecule has 0 radical (unpaired) electrons. The predicted octanol–water partition coefficient (Wildman–Crippen LogP) is 2.02. The lowest BCUT2D eigenvalue weighted by molar-refractivity contribution is -0.143. The summed E-state index contributed by atoms with van der Waals surface area (Å²) in [5, 5.41) is 5.97. The van der Waals surface area contributed by atoms with E-state index in [1.807, 2.05) is 0 Å². The highest BCUT2D eigenvalue weighted by Crippen LogP contribution is 2.34. The molecule has 10 heteroatoms. The van der Waals surface area contributed by atoms with Crippen LogP contribution in [0, 0.1) is 0 Å². The van der Waals surface area contributed by atoms with Gasteiger partial charge in [0.2, 0.25) is 0 Å². The second-order valence-corrected chi connectivity index (χ2v) is 5.14. The Morgan fingerprint density at radius 1 is 1.52 bits per heavy atom. The van der Waals surface area contributed by atoms with Gasteiger partial charge in [-0.1, -0.05) is 11.6 Å². The summed E-state index contributed by atoms with van der Waals surface area (Å²) >= 11 is 5.87. The number of nitrogens with two attached hydrogens (primary N) is 1. The quantitative estimate of drug-likeness (QED) is 0.886. The van der Waals surface area contributed by atoms with Gasteiger partial charge in [-0.3, -0.25) is 4.79 Å². The zero-order valence-corrected chi connectivity index (χ0v) is 12.7. The number of nitrogens with zero attached hydrogens (tertiary/aromatic N) is 3. The van der Waals surface area contributed by atoms with Crippen molar-refractivity contribution < 1.29 is 18.0 Å². The molecule has 0 fully saturated rings. The maximum Gasteiger partial charge on any atom is 0.434 e. The van der Waals surface area contributed by atoms with Gasteiger partial charge in [0.25, 0.3) is 5.91 Å². The molecule has 0 saturated carbocycles. The summed E-state index contributed by atoms with van der Waals surface area (Å²) in [6, 6.07) is 2.37. The van der Waals surface area contributed by atoms with Gasteiger partial charge >= 0.3 is 6.18 Å². The largest absolute Gasteiger partial charge is 0.434 e. The lowest BCUT2D eigenvalue weighted by Crippen LogP contribution is -2.38. The first-order valence-electron chi connectivity index (χ1n) is 6.52. The Kier molecular flexibility index (Phi) is 4.90. The van der Waals surface area contributed by atoms with Gasteiger partial charge < -0.3 is 11.1 Å². The fourth-order valence-corrected chi connectivity index (χ4v) is 2.04. The topological polar surface area (TPSA) is 85.8 Å². The van der Waals surface area contributed by atoms with Crippen LogP contribution in [0.4, 0.5) is 13.2 Å². The fourth-order valence-electron chi connectivity index (χ4n) is 1.84. The fraction of sp³-hybridized carbons (Fsp3) is 0.308. The standard InChI is InChI=1S/C13H13ClF3N5O/c1-7(5-18)21-12(23)8-6-20-22(10(8)13(15,16)17)11-9(14)3-2-4-19-11/h2-4,6-7H,5,18H2,1H3,(H,21,23)/t7-/m0/s1. The van der Waals surface area contributed by atoms with E-state index in [0.717, 1.165) is 6.20 Å². The number of rotatable bonds is 4. The molecule has 1 atom stereocenters. The second-order valence-electron chi connectivity index (χ2n) is 4.74. The molecule has 1 amide bonds. The van der Waals surface area contributed by atoms with Gasteiger partial charge in [-0.15, -0.1) is 0 Å². The van der Waals surface area contributed by atoms with Crippen molar-refractivity contribution >= 4 is 17.5 Å². The number of pyridine rings is 1. The van der Waals surface area contributed by atoms with Gasteiger partial charge in [-0.25, -0.2) is 9.67 Å². The van der Waals surface area contributed by atoms with Crippen LogP contribution in [0.5, 0.6) is 0 Å². The van der Waals surface area contributed by atoms with Gasteiger partial charge in [0, 0.05) is 18.8 Å². The molecule has 0 saturated heterocycles. The molecule has 2 heterocycles. The number of nitrogens with one attached hydrogen (secondary N) is 1. The molecule has 2 aromatic heterocycles. The molecule has 0 spiro atoms. The molecule has 2 aromatic rings. The van der Waals surface area contributed by atoms with Crippen molar-refractivity contribution in [3.63, 3.8) is 0 Å². The number of alkyl halides is 3. The van der Waals surface area contributed by atoms with Crippen LogP contribution in [-0.2, 0) is 6.18 Å². The summed E-state index contributed by atoms with van der Waals surface area (Å²) in [5.41, 5.74) is 3.48. The first-order chi connectivity index (χ1) is 10.8. The first-order valence-corrected chi connectivity index (χ1v) is 6.90. The van der Waals surface area contributed by atoms with E-state index in [1.54, 1.807) is 6.92 Å². The zero-order chi connectivity index (χ0) is 17.2. The van der Waals surface area contributed by atoms with Crippen LogP contribution in [0.15, 0.2) is 24.5 Å². The Balaban J connectivity index is 2.55. The highest BCUT2D eigenvalue weighted by Gasteiger charge is 2.41. The number of amides is 1. The predicted molar refractivity (Wildman–Crippen MR) is 77.4 cm³/mol. The van der Waals surface area contributed by atoms with Gasteiger partial charge in [-0.05, 0) is 19.1 Å². The first kappa shape index (κ1) is 17.2. The van der Waals surface area contributed by atoms with E-state index in [2.05, 4.69) is 15.4 Å².